The molecule has 9 nitrogen and oxygen atoms in total. The molecule has 0 aliphatic carbocycles. The van der Waals surface area contributed by atoms with Crippen molar-refractivity contribution in [3.8, 4) is 0 Å². The predicted molar refractivity (Wildman–Crippen MR) is 110 cm³/mol. The van der Waals surface area contributed by atoms with Gasteiger partial charge >= 0.3 is 6.03 Å². The van der Waals surface area contributed by atoms with Gasteiger partial charge in [0.05, 0.1) is 0 Å². The van der Waals surface area contributed by atoms with Gasteiger partial charge in [-0.25, -0.2) is 4.79 Å². The molecule has 156 valence electrons. The molecule has 0 spiro atoms. The van der Waals surface area contributed by atoms with E-state index in [9.17, 15) is 14.4 Å². The SMILES string of the molecule is CC(C)NC(=O)N1CCNCC1C(=O)NC(Cc1c[nH]c2ccccc12)C(N)=O. The molecule has 4 amide bonds. The average Bonchev–Trinajstić information content (AvgIpc) is 3.10. The summed E-state index contributed by atoms with van der Waals surface area (Å²) in [5.74, 6) is -1.02. The highest BCUT2D eigenvalue weighted by Crippen LogP contribution is 2.19. The van der Waals surface area contributed by atoms with Gasteiger partial charge in [0.25, 0.3) is 0 Å². The first-order valence-corrected chi connectivity index (χ1v) is 9.79. The number of hydrogen-bond acceptors (Lipinski definition) is 4. The number of urea groups is 1. The lowest BCUT2D eigenvalue weighted by molar-refractivity contribution is -0.130. The predicted octanol–water partition coefficient (Wildman–Crippen LogP) is 0.0723. The molecule has 2 heterocycles. The molecule has 1 fully saturated rings. The van der Waals surface area contributed by atoms with Crippen molar-refractivity contribution in [2.75, 3.05) is 19.6 Å². The van der Waals surface area contributed by atoms with E-state index in [1.807, 2.05) is 44.3 Å². The van der Waals surface area contributed by atoms with Gasteiger partial charge in [-0.15, -0.1) is 0 Å². The Morgan fingerprint density at radius 3 is 2.72 bits per heavy atom. The van der Waals surface area contributed by atoms with Gasteiger partial charge in [0.1, 0.15) is 12.1 Å². The largest absolute Gasteiger partial charge is 0.368 e. The number of primary amides is 1. The first kappa shape index (κ1) is 20.7. The minimum atomic E-state index is -0.876. The zero-order valence-corrected chi connectivity index (χ0v) is 16.7. The van der Waals surface area contributed by atoms with E-state index in [1.165, 1.54) is 4.90 Å². The molecule has 1 aliphatic rings. The quantitative estimate of drug-likeness (QED) is 0.469. The third-order valence-corrected chi connectivity index (χ3v) is 4.98. The van der Waals surface area contributed by atoms with E-state index >= 15 is 0 Å². The van der Waals surface area contributed by atoms with Crippen LogP contribution in [0.4, 0.5) is 4.79 Å². The number of carbonyl (C=O) groups is 3. The average molecular weight is 400 g/mol. The normalized spacial score (nSPS) is 17.9. The van der Waals surface area contributed by atoms with Crippen molar-refractivity contribution in [1.82, 2.24) is 25.8 Å². The summed E-state index contributed by atoms with van der Waals surface area (Å²) >= 11 is 0. The number of para-hydroxylation sites is 1. The Balaban J connectivity index is 1.73. The fourth-order valence-electron chi connectivity index (χ4n) is 3.52. The monoisotopic (exact) mass is 400 g/mol. The van der Waals surface area contributed by atoms with Crippen LogP contribution < -0.4 is 21.7 Å². The Morgan fingerprint density at radius 2 is 2.00 bits per heavy atom. The van der Waals surface area contributed by atoms with E-state index in [4.69, 9.17) is 5.73 Å². The molecule has 2 atom stereocenters. The Bertz CT molecular complexity index is 893. The number of aromatic amines is 1. The van der Waals surface area contributed by atoms with E-state index in [0.717, 1.165) is 16.5 Å². The highest BCUT2D eigenvalue weighted by atomic mass is 16.2. The molecule has 0 bridgehead atoms. The first-order valence-electron chi connectivity index (χ1n) is 9.79. The van der Waals surface area contributed by atoms with Crippen molar-refractivity contribution in [3.05, 3.63) is 36.0 Å². The summed E-state index contributed by atoms with van der Waals surface area (Å²) in [6, 6.07) is 5.79. The molecule has 1 aliphatic heterocycles. The number of piperazine rings is 1. The Hall–Kier alpha value is -3.07. The van der Waals surface area contributed by atoms with E-state index < -0.39 is 23.9 Å². The molecule has 2 aromatic rings. The van der Waals surface area contributed by atoms with Crippen LogP contribution in [0.2, 0.25) is 0 Å². The van der Waals surface area contributed by atoms with Crippen molar-refractivity contribution in [2.45, 2.75) is 38.4 Å². The summed E-state index contributed by atoms with van der Waals surface area (Å²) < 4.78 is 0. The molecule has 6 N–H and O–H groups in total. The summed E-state index contributed by atoms with van der Waals surface area (Å²) in [5.41, 5.74) is 7.40. The molecule has 1 saturated heterocycles. The van der Waals surface area contributed by atoms with Crippen LogP contribution in [0, 0.1) is 0 Å². The molecule has 2 unspecified atom stereocenters. The molecule has 3 rings (SSSR count). The van der Waals surface area contributed by atoms with Gasteiger partial charge in [0, 0.05) is 49.2 Å². The number of benzene rings is 1. The van der Waals surface area contributed by atoms with Crippen molar-refractivity contribution < 1.29 is 14.4 Å². The van der Waals surface area contributed by atoms with Gasteiger partial charge < -0.3 is 31.6 Å². The number of nitrogens with one attached hydrogen (secondary N) is 4. The fourth-order valence-corrected chi connectivity index (χ4v) is 3.52. The smallest absolute Gasteiger partial charge is 0.318 e. The van der Waals surface area contributed by atoms with Crippen LogP contribution in [-0.2, 0) is 16.0 Å². The van der Waals surface area contributed by atoms with Crippen molar-refractivity contribution in [3.63, 3.8) is 0 Å². The number of carbonyl (C=O) groups excluding carboxylic acids is 3. The number of hydrogen-bond donors (Lipinski definition) is 5. The summed E-state index contributed by atoms with van der Waals surface area (Å²) in [7, 11) is 0. The number of aromatic nitrogens is 1. The van der Waals surface area contributed by atoms with E-state index in [0.29, 0.717) is 19.6 Å². The minimum Gasteiger partial charge on any atom is -0.368 e. The lowest BCUT2D eigenvalue weighted by atomic mass is 10.0. The third-order valence-electron chi connectivity index (χ3n) is 4.98. The van der Waals surface area contributed by atoms with Crippen LogP contribution in [-0.4, -0.2) is 65.5 Å². The number of nitrogens with two attached hydrogens (primary N) is 1. The molecule has 0 saturated carbocycles. The molecule has 1 aromatic heterocycles. The lowest BCUT2D eigenvalue weighted by Crippen LogP contribution is -2.63. The first-order chi connectivity index (χ1) is 13.9. The Labute approximate surface area is 169 Å². The number of amides is 4. The molecule has 0 radical (unpaired) electrons. The second-order valence-corrected chi connectivity index (χ2v) is 7.54. The second kappa shape index (κ2) is 8.95. The zero-order chi connectivity index (χ0) is 21.0. The molecule has 9 heteroatoms. The van der Waals surface area contributed by atoms with Crippen LogP contribution in [0.1, 0.15) is 19.4 Å². The van der Waals surface area contributed by atoms with Gasteiger partial charge in [-0.2, -0.15) is 0 Å². The molecule has 1 aromatic carbocycles. The van der Waals surface area contributed by atoms with Crippen LogP contribution >= 0.6 is 0 Å². The highest BCUT2D eigenvalue weighted by molar-refractivity contribution is 5.92. The summed E-state index contributed by atoms with van der Waals surface area (Å²) in [6.07, 6.45) is 2.08. The van der Waals surface area contributed by atoms with Crippen LogP contribution in [0.3, 0.4) is 0 Å². The fraction of sp³-hybridized carbons (Fsp3) is 0.450. The number of fused-ring (bicyclic) bond motifs is 1. The van der Waals surface area contributed by atoms with E-state index in [1.54, 1.807) is 0 Å². The van der Waals surface area contributed by atoms with E-state index in [-0.39, 0.29) is 18.5 Å². The third kappa shape index (κ3) is 4.86. The zero-order valence-electron chi connectivity index (χ0n) is 16.7. The van der Waals surface area contributed by atoms with Crippen molar-refractivity contribution in [1.29, 1.82) is 0 Å². The van der Waals surface area contributed by atoms with Crippen LogP contribution in [0.25, 0.3) is 10.9 Å². The Morgan fingerprint density at radius 1 is 1.24 bits per heavy atom. The van der Waals surface area contributed by atoms with Gasteiger partial charge in [0.15, 0.2) is 0 Å². The minimum absolute atomic E-state index is 0.0404. The van der Waals surface area contributed by atoms with Crippen LogP contribution in [0.5, 0.6) is 0 Å². The van der Waals surface area contributed by atoms with Gasteiger partial charge in [-0.05, 0) is 25.5 Å². The summed E-state index contributed by atoms with van der Waals surface area (Å²) in [6.45, 7) is 5.04. The summed E-state index contributed by atoms with van der Waals surface area (Å²) in [5, 5.41) is 9.65. The van der Waals surface area contributed by atoms with Crippen molar-refractivity contribution in [2.24, 2.45) is 5.73 Å². The number of rotatable bonds is 6. The topological polar surface area (TPSA) is 132 Å². The summed E-state index contributed by atoms with van der Waals surface area (Å²) in [4.78, 5) is 42.1. The maximum Gasteiger partial charge on any atom is 0.318 e. The second-order valence-electron chi connectivity index (χ2n) is 7.54. The van der Waals surface area contributed by atoms with Crippen LogP contribution in [0.15, 0.2) is 30.5 Å². The van der Waals surface area contributed by atoms with Gasteiger partial charge in [-0.3, -0.25) is 9.59 Å². The highest BCUT2D eigenvalue weighted by Gasteiger charge is 2.34. The molecular weight excluding hydrogens is 372 g/mol. The maximum atomic E-state index is 12.9. The lowest BCUT2D eigenvalue weighted by Gasteiger charge is -2.36. The van der Waals surface area contributed by atoms with Crippen molar-refractivity contribution >= 4 is 28.7 Å². The Kier molecular flexibility index (Phi) is 6.38. The standard InChI is InChI=1S/C20H28N6O3/c1-12(2)24-20(29)26-8-7-22-11-17(26)19(28)25-16(18(21)27)9-13-10-23-15-6-4-3-5-14(13)15/h3-6,10,12,16-17,22-23H,7-9,11H2,1-2H3,(H2,21,27)(H,24,29)(H,25,28). The van der Waals surface area contributed by atoms with Gasteiger partial charge in [0.2, 0.25) is 11.8 Å². The number of H-pyrrole nitrogens is 1. The number of nitrogens with zero attached hydrogens (tertiary/aromatic N) is 1. The van der Waals surface area contributed by atoms with E-state index in [2.05, 4.69) is 20.9 Å². The maximum absolute atomic E-state index is 12.9. The molecule has 29 heavy (non-hydrogen) atoms. The molecular formula is C20H28N6O3. The van der Waals surface area contributed by atoms with Gasteiger partial charge in [-0.1, -0.05) is 18.2 Å².